The van der Waals surface area contributed by atoms with Crippen molar-refractivity contribution in [2.75, 3.05) is 51.8 Å². The minimum Gasteiger partial charge on any atom is -0.434 e. The van der Waals surface area contributed by atoms with E-state index in [1.807, 2.05) is 12.1 Å². The molecule has 2 aromatic heterocycles. The van der Waals surface area contributed by atoms with Crippen LogP contribution >= 0.6 is 11.6 Å². The fourth-order valence-corrected chi connectivity index (χ4v) is 14.1. The predicted octanol–water partition coefficient (Wildman–Crippen LogP) is 6.51. The van der Waals surface area contributed by atoms with E-state index in [1.54, 1.807) is 68.4 Å². The molecule has 0 aliphatic carbocycles. The van der Waals surface area contributed by atoms with E-state index in [9.17, 15) is 54.4 Å². The minimum absolute atomic E-state index is 0.0173. The number of piperidine rings is 2. The zero-order valence-electron chi connectivity index (χ0n) is 53.5. The highest BCUT2D eigenvalue weighted by Gasteiger charge is 2.46. The number of hydrogen-bond acceptors (Lipinski definition) is 18. The van der Waals surface area contributed by atoms with E-state index in [2.05, 4.69) is 40.7 Å². The number of carbonyl (C=O) groups is 6. The van der Waals surface area contributed by atoms with Gasteiger partial charge in [0.05, 0.1) is 50.0 Å². The van der Waals surface area contributed by atoms with Crippen LogP contribution in [0.3, 0.4) is 0 Å². The molecule has 0 saturated carbocycles. The number of aromatic nitrogens is 2. The molecule has 4 fully saturated rings. The number of fused-ring (bicyclic) bond motifs is 2. The molecule has 0 bridgehead atoms. The summed E-state index contributed by atoms with van der Waals surface area (Å²) < 4.78 is 106. The number of sulfonamides is 2. The van der Waals surface area contributed by atoms with Crippen molar-refractivity contribution in [2.24, 2.45) is 11.8 Å². The van der Waals surface area contributed by atoms with Crippen molar-refractivity contribution >= 4 is 89.0 Å². The molecule has 29 heteroatoms. The number of benzene rings is 4. The number of ether oxygens (including phenoxy) is 2. The highest BCUT2D eigenvalue weighted by atomic mass is 35.5. The predicted molar refractivity (Wildman–Crippen MR) is 350 cm³/mol. The van der Waals surface area contributed by atoms with Gasteiger partial charge >= 0.3 is 0 Å². The van der Waals surface area contributed by atoms with Crippen molar-refractivity contribution in [3.8, 4) is 0 Å². The third-order valence-corrected chi connectivity index (χ3v) is 19.3. The summed E-state index contributed by atoms with van der Waals surface area (Å²) in [5.74, 6) is -4.12. The first kappa shape index (κ1) is 72.1. The van der Waals surface area contributed by atoms with Crippen LogP contribution in [-0.2, 0) is 61.9 Å². The first-order valence-electron chi connectivity index (χ1n) is 32.2. The maximum absolute atomic E-state index is 14.3. The van der Waals surface area contributed by atoms with Gasteiger partial charge < -0.3 is 49.4 Å². The van der Waals surface area contributed by atoms with Crippen molar-refractivity contribution in [1.29, 1.82) is 0 Å². The normalized spacial score (nSPS) is 20.2. The lowest BCUT2D eigenvalue weighted by Gasteiger charge is -2.30. The topological polar surface area (TPSA) is 320 Å². The van der Waals surface area contributed by atoms with Crippen molar-refractivity contribution < 1.29 is 72.7 Å². The van der Waals surface area contributed by atoms with Crippen LogP contribution in [0.2, 0.25) is 5.02 Å². The van der Waals surface area contributed by atoms with Crippen molar-refractivity contribution in [3.63, 3.8) is 0 Å². The quantitative estimate of drug-likeness (QED) is 0.0285. The molecule has 95 heavy (non-hydrogen) atoms. The van der Waals surface area contributed by atoms with E-state index in [1.165, 1.54) is 28.0 Å². The Morgan fingerprint density at radius 1 is 0.611 bits per heavy atom. The Morgan fingerprint density at radius 3 is 1.56 bits per heavy atom. The number of oxazole rings is 2. The molecule has 4 aliphatic rings. The van der Waals surface area contributed by atoms with E-state index < -0.39 is 115 Å². The Labute approximate surface area is 556 Å². The lowest BCUT2D eigenvalue weighted by atomic mass is 9.91. The second kappa shape index (κ2) is 33.2. The van der Waals surface area contributed by atoms with Gasteiger partial charge in [-0.3, -0.25) is 28.8 Å². The van der Waals surface area contributed by atoms with E-state index in [0.717, 1.165) is 76.0 Å². The molecule has 0 radical (unpaired) electrons. The van der Waals surface area contributed by atoms with Gasteiger partial charge in [-0.05, 0) is 150 Å². The summed E-state index contributed by atoms with van der Waals surface area (Å²) in [6, 6.07) is 17.6. The molecule has 4 saturated heterocycles. The van der Waals surface area contributed by atoms with Gasteiger partial charge in [-0.15, -0.1) is 0 Å². The molecule has 4 aliphatic heterocycles. The van der Waals surface area contributed by atoms with Gasteiger partial charge in [0.2, 0.25) is 55.2 Å². The Hall–Kier alpha value is -7.15. The number of amides is 4. The summed E-state index contributed by atoms with van der Waals surface area (Å²) in [6.07, 6.45) is 6.91. The summed E-state index contributed by atoms with van der Waals surface area (Å²) in [7, 11) is -7.54. The van der Waals surface area contributed by atoms with Gasteiger partial charge in [-0.25, -0.2) is 45.0 Å². The number of nitrogens with zero attached hydrogens (tertiary/aromatic N) is 4. The van der Waals surface area contributed by atoms with Crippen LogP contribution in [0.1, 0.15) is 123 Å². The number of hydrogen-bond donors (Lipinski definition) is 6. The Bertz CT molecular complexity index is 3860. The third kappa shape index (κ3) is 20.2. The average Bonchev–Trinajstić information content (AvgIpc) is 1.70. The van der Waals surface area contributed by atoms with Crippen LogP contribution in [0.15, 0.2) is 99.8 Å². The molecule has 514 valence electrons. The molecular formula is C66H83ClF2N10O14S2. The molecule has 6 heterocycles. The van der Waals surface area contributed by atoms with Crippen molar-refractivity contribution in [2.45, 2.75) is 153 Å². The van der Waals surface area contributed by atoms with Crippen molar-refractivity contribution in [1.82, 2.24) is 50.5 Å². The molecule has 6 aromatic rings. The van der Waals surface area contributed by atoms with Gasteiger partial charge in [0, 0.05) is 42.6 Å². The standard InChI is InChI=1S/C33H41ClFN5O7S.C33H42FN5O7S/c1-3-25(30(41)32-38-26-11-9-23(35)16-29(26)47-32)37-31(42)28-17-24(46-19-21-4-7-22(34)8-5-21)18-40(28)33(43)27(39-48(2,44)45)10-6-20-12-14-36-15-13-20;1-3-25(30(40)32-37-26-10-6-7-11-29(26)46-32)36-31(41)28-18-23(45-20-22-8-4-5-9-24(22)34)19-39(28)33(42)27(38-47(2,43)44)13-12-21-14-16-35-17-15-21/h4-5,7-9,11,16,20,24-25,27-28,36,39H,3,6,10,12-15,17-19H2,1-2H3,(H,37,42);4-11,21,23,25,27-28,35,38H,3,12-20H2,1-2H3,(H,36,41)/t24-,25+,27-,28+;23-,25+,27-,28+/m11/s1. The summed E-state index contributed by atoms with van der Waals surface area (Å²) in [5.41, 5.74) is 2.51. The third-order valence-electron chi connectivity index (χ3n) is 17.6. The van der Waals surface area contributed by atoms with Gasteiger partial charge in [0.25, 0.3) is 11.8 Å². The van der Waals surface area contributed by atoms with Crippen LogP contribution < -0.4 is 30.7 Å². The average molecular weight is 1380 g/mol. The van der Waals surface area contributed by atoms with E-state index in [4.69, 9.17) is 29.9 Å². The van der Waals surface area contributed by atoms with Crippen molar-refractivity contribution in [3.05, 3.63) is 131 Å². The highest BCUT2D eigenvalue weighted by molar-refractivity contribution is 7.89. The van der Waals surface area contributed by atoms with E-state index in [0.29, 0.717) is 51.9 Å². The second-order valence-corrected chi connectivity index (χ2v) is 28.8. The van der Waals surface area contributed by atoms with Crippen LogP contribution in [0, 0.1) is 23.5 Å². The largest absolute Gasteiger partial charge is 0.434 e. The monoisotopic (exact) mass is 1380 g/mol. The van der Waals surface area contributed by atoms with Gasteiger partial charge in [-0.2, -0.15) is 0 Å². The van der Waals surface area contributed by atoms with Gasteiger partial charge in [-0.1, -0.05) is 67.9 Å². The van der Waals surface area contributed by atoms with Gasteiger partial charge in [0.15, 0.2) is 11.2 Å². The first-order valence-corrected chi connectivity index (χ1v) is 36.4. The molecule has 8 atom stereocenters. The first-order chi connectivity index (χ1) is 45.4. The zero-order chi connectivity index (χ0) is 68.0. The zero-order valence-corrected chi connectivity index (χ0v) is 55.9. The number of rotatable bonds is 28. The summed E-state index contributed by atoms with van der Waals surface area (Å²) >= 11 is 6.01. The number of ketones is 2. The summed E-state index contributed by atoms with van der Waals surface area (Å²) in [6.45, 7) is 7.03. The van der Waals surface area contributed by atoms with Crippen LogP contribution in [-0.4, -0.2) is 172 Å². The molecule has 4 amide bonds. The van der Waals surface area contributed by atoms with E-state index in [-0.39, 0.29) is 82.2 Å². The molecular weight excluding hydrogens is 1290 g/mol. The minimum atomic E-state index is -3.77. The molecule has 0 spiro atoms. The van der Waals surface area contributed by atoms with Crippen LogP contribution in [0.4, 0.5) is 8.78 Å². The molecule has 10 rings (SSSR count). The lowest BCUT2D eigenvalue weighted by molar-refractivity contribution is -0.140. The fourth-order valence-electron chi connectivity index (χ4n) is 12.5. The smallest absolute Gasteiger partial charge is 0.266 e. The SMILES string of the molecule is CC[C@H](NC(=O)[C@@H]1C[C@@H](OCc2ccc(Cl)cc2)CN1C(=O)[C@@H](CCC1CCNCC1)NS(C)(=O)=O)C(=O)c1nc2ccc(F)cc2o1.CC[C@H](NC(=O)[C@@H]1C[C@@H](OCc2ccccc2F)CN1C(=O)[C@@H](CCC1CCNCC1)NS(C)(=O)=O)C(=O)c1nc2ccccc2o1. The molecule has 0 unspecified atom stereocenters. The van der Waals surface area contributed by atoms with Crippen LogP contribution in [0.5, 0.6) is 0 Å². The highest BCUT2D eigenvalue weighted by Crippen LogP contribution is 2.30. The molecule has 4 aromatic carbocycles. The number of Topliss-reactive ketones (excluding diaryl/α,β-unsaturated/α-hetero) is 2. The number of para-hydroxylation sites is 2. The number of carbonyl (C=O) groups excluding carboxylic acids is 6. The number of nitrogens with one attached hydrogen (secondary N) is 6. The molecule has 6 N–H and O–H groups in total. The maximum Gasteiger partial charge on any atom is 0.266 e. The number of likely N-dealkylation sites (tertiary alicyclic amines) is 2. The summed E-state index contributed by atoms with van der Waals surface area (Å²) in [4.78, 5) is 93.8. The van der Waals surface area contributed by atoms with Crippen LogP contribution in [0.25, 0.3) is 22.2 Å². The summed E-state index contributed by atoms with van der Waals surface area (Å²) in [5, 5.41) is 12.7. The molecule has 24 nitrogen and oxygen atoms in total. The second-order valence-electron chi connectivity index (χ2n) is 24.8. The van der Waals surface area contributed by atoms with Gasteiger partial charge in [0.1, 0.15) is 46.8 Å². The fraction of sp³-hybridized carbons (Fsp3) is 0.515. The van der Waals surface area contributed by atoms with E-state index >= 15 is 0 Å². The Balaban J connectivity index is 0.000000223. The maximum atomic E-state index is 14.3. The lowest BCUT2D eigenvalue weighted by Crippen LogP contribution is -2.55. The Morgan fingerprint density at radius 2 is 1.07 bits per heavy atom. The Kier molecular flexibility index (Phi) is 25.2. The number of halogens is 3.